The molecule has 1 N–H and O–H groups in total. The van der Waals surface area contributed by atoms with Crippen LogP contribution in [0.3, 0.4) is 0 Å². The summed E-state index contributed by atoms with van der Waals surface area (Å²) < 4.78 is 15.7. The van der Waals surface area contributed by atoms with Gasteiger partial charge in [0.15, 0.2) is 5.82 Å². The van der Waals surface area contributed by atoms with Gasteiger partial charge >= 0.3 is 6.03 Å². The van der Waals surface area contributed by atoms with Crippen LogP contribution in [0, 0.1) is 5.82 Å². The molecule has 0 radical (unpaired) electrons. The van der Waals surface area contributed by atoms with Gasteiger partial charge in [-0.3, -0.25) is 4.57 Å². The number of hydrogen-bond donors (Lipinski definition) is 1. The second kappa shape index (κ2) is 6.95. The van der Waals surface area contributed by atoms with Gasteiger partial charge < -0.3 is 10.2 Å². The molecule has 1 fully saturated rings. The fourth-order valence-corrected chi connectivity index (χ4v) is 3.29. The largest absolute Gasteiger partial charge is 0.322 e. The molecule has 26 heavy (non-hydrogen) atoms. The van der Waals surface area contributed by atoms with Gasteiger partial charge in [-0.2, -0.15) is 0 Å². The number of para-hydroxylation sites is 2. The number of benzene rings is 2. The standard InChI is InChI=1S/C19H18FN5O/c20-15-9-4-5-10-16(15)22-19(26)24-12-6-11-17(24)18-23-21-13-25(18)14-7-2-1-3-8-14/h1-5,7-10,13,17H,6,11-12H2,(H,22,26). The van der Waals surface area contributed by atoms with Gasteiger partial charge in [0.25, 0.3) is 0 Å². The van der Waals surface area contributed by atoms with Gasteiger partial charge in [0, 0.05) is 12.2 Å². The van der Waals surface area contributed by atoms with E-state index in [-0.39, 0.29) is 17.8 Å². The molecule has 1 unspecified atom stereocenters. The number of nitrogens with zero attached hydrogens (tertiary/aromatic N) is 4. The maximum Gasteiger partial charge on any atom is 0.322 e. The van der Waals surface area contributed by atoms with Crippen LogP contribution < -0.4 is 5.32 Å². The number of carbonyl (C=O) groups is 1. The van der Waals surface area contributed by atoms with Crippen LogP contribution in [0.2, 0.25) is 0 Å². The molecular formula is C19H18FN5O. The smallest absolute Gasteiger partial charge is 0.314 e. The van der Waals surface area contributed by atoms with Gasteiger partial charge in [-0.05, 0) is 37.1 Å². The van der Waals surface area contributed by atoms with E-state index in [1.807, 2.05) is 34.9 Å². The summed E-state index contributed by atoms with van der Waals surface area (Å²) in [6, 6.07) is 15.4. The molecule has 0 spiro atoms. The van der Waals surface area contributed by atoms with Gasteiger partial charge in [-0.25, -0.2) is 9.18 Å². The molecule has 2 heterocycles. The van der Waals surface area contributed by atoms with Crippen LogP contribution in [0.15, 0.2) is 60.9 Å². The monoisotopic (exact) mass is 351 g/mol. The molecule has 1 aliphatic rings. The van der Waals surface area contributed by atoms with Crippen LogP contribution >= 0.6 is 0 Å². The summed E-state index contributed by atoms with van der Waals surface area (Å²) in [5.41, 5.74) is 1.11. The van der Waals surface area contributed by atoms with Gasteiger partial charge in [0.1, 0.15) is 12.1 Å². The number of halogens is 1. The van der Waals surface area contributed by atoms with E-state index in [0.717, 1.165) is 18.5 Å². The molecule has 3 aromatic rings. The molecule has 1 saturated heterocycles. The lowest BCUT2D eigenvalue weighted by atomic mass is 10.2. The zero-order valence-corrected chi connectivity index (χ0v) is 14.0. The molecule has 1 atom stereocenters. The van der Waals surface area contributed by atoms with Crippen molar-refractivity contribution in [1.29, 1.82) is 0 Å². The van der Waals surface area contributed by atoms with Crippen molar-refractivity contribution in [3.8, 4) is 5.69 Å². The maximum absolute atomic E-state index is 13.8. The first kappa shape index (κ1) is 16.3. The van der Waals surface area contributed by atoms with Crippen molar-refractivity contribution in [2.45, 2.75) is 18.9 Å². The van der Waals surface area contributed by atoms with E-state index in [1.54, 1.807) is 29.4 Å². The van der Waals surface area contributed by atoms with Crippen molar-refractivity contribution >= 4 is 11.7 Å². The molecule has 1 aromatic heterocycles. The minimum absolute atomic E-state index is 0.174. The molecular weight excluding hydrogens is 333 g/mol. The molecule has 132 valence electrons. The topological polar surface area (TPSA) is 63.1 Å². The van der Waals surface area contributed by atoms with Crippen LogP contribution in [-0.2, 0) is 0 Å². The van der Waals surface area contributed by atoms with Gasteiger partial charge in [0.2, 0.25) is 0 Å². The van der Waals surface area contributed by atoms with Crippen LogP contribution in [0.5, 0.6) is 0 Å². The summed E-state index contributed by atoms with van der Waals surface area (Å²) in [7, 11) is 0. The second-order valence-corrected chi connectivity index (χ2v) is 6.16. The Labute approximate surface area is 150 Å². The number of urea groups is 1. The van der Waals surface area contributed by atoms with Crippen molar-refractivity contribution in [1.82, 2.24) is 19.7 Å². The Morgan fingerprint density at radius 2 is 1.88 bits per heavy atom. The summed E-state index contributed by atoms with van der Waals surface area (Å²) >= 11 is 0. The highest BCUT2D eigenvalue weighted by Gasteiger charge is 2.33. The highest BCUT2D eigenvalue weighted by molar-refractivity contribution is 5.89. The summed E-state index contributed by atoms with van der Waals surface area (Å²) in [4.78, 5) is 14.4. The predicted molar refractivity (Wildman–Crippen MR) is 95.5 cm³/mol. The molecule has 0 bridgehead atoms. The Balaban J connectivity index is 1.59. The Morgan fingerprint density at radius 3 is 2.69 bits per heavy atom. The zero-order valence-electron chi connectivity index (χ0n) is 14.0. The van der Waals surface area contributed by atoms with E-state index in [1.165, 1.54) is 6.07 Å². The lowest BCUT2D eigenvalue weighted by Gasteiger charge is -2.24. The number of likely N-dealkylation sites (tertiary alicyclic amines) is 1. The van der Waals surface area contributed by atoms with E-state index < -0.39 is 5.82 Å². The first-order chi connectivity index (χ1) is 12.7. The Morgan fingerprint density at radius 1 is 1.12 bits per heavy atom. The summed E-state index contributed by atoms with van der Waals surface area (Å²) in [5.74, 6) is 0.251. The average Bonchev–Trinajstić information content (AvgIpc) is 3.33. The van der Waals surface area contributed by atoms with E-state index in [2.05, 4.69) is 15.5 Å². The van der Waals surface area contributed by atoms with Crippen LogP contribution in [-0.4, -0.2) is 32.2 Å². The number of aromatic nitrogens is 3. The zero-order chi connectivity index (χ0) is 17.9. The van der Waals surface area contributed by atoms with E-state index in [9.17, 15) is 9.18 Å². The van der Waals surface area contributed by atoms with E-state index in [4.69, 9.17) is 0 Å². The minimum atomic E-state index is -0.455. The third kappa shape index (κ3) is 3.03. The SMILES string of the molecule is O=C(Nc1ccccc1F)N1CCCC1c1nncn1-c1ccccc1. The maximum atomic E-state index is 13.8. The number of anilines is 1. The molecule has 0 aliphatic carbocycles. The highest BCUT2D eigenvalue weighted by Crippen LogP contribution is 2.32. The molecule has 4 rings (SSSR count). The van der Waals surface area contributed by atoms with Crippen LogP contribution in [0.25, 0.3) is 5.69 Å². The summed E-state index contributed by atoms with van der Waals surface area (Å²) in [5, 5.41) is 10.9. The highest BCUT2D eigenvalue weighted by atomic mass is 19.1. The van der Waals surface area contributed by atoms with Gasteiger partial charge in [0.05, 0.1) is 11.7 Å². The number of rotatable bonds is 3. The fraction of sp³-hybridized carbons (Fsp3) is 0.211. The second-order valence-electron chi connectivity index (χ2n) is 6.16. The first-order valence-corrected chi connectivity index (χ1v) is 8.51. The van der Waals surface area contributed by atoms with Crippen molar-refractivity contribution in [3.05, 3.63) is 72.6 Å². The molecule has 7 heteroatoms. The normalized spacial score (nSPS) is 16.7. The average molecular weight is 351 g/mol. The number of carbonyl (C=O) groups excluding carboxylic acids is 1. The molecule has 0 saturated carbocycles. The fourth-order valence-electron chi connectivity index (χ4n) is 3.29. The predicted octanol–water partition coefficient (Wildman–Crippen LogP) is 3.78. The third-order valence-corrected chi connectivity index (χ3v) is 4.54. The Bertz CT molecular complexity index is 911. The Kier molecular flexibility index (Phi) is 4.35. The van der Waals surface area contributed by atoms with Crippen molar-refractivity contribution in [3.63, 3.8) is 0 Å². The lowest BCUT2D eigenvalue weighted by molar-refractivity contribution is 0.204. The summed E-state index contributed by atoms with van der Waals surface area (Å²) in [6.45, 7) is 0.590. The minimum Gasteiger partial charge on any atom is -0.314 e. The summed E-state index contributed by atoms with van der Waals surface area (Å²) in [6.07, 6.45) is 3.29. The first-order valence-electron chi connectivity index (χ1n) is 8.51. The van der Waals surface area contributed by atoms with Crippen LogP contribution in [0.4, 0.5) is 14.9 Å². The number of hydrogen-bond acceptors (Lipinski definition) is 3. The third-order valence-electron chi connectivity index (χ3n) is 4.54. The number of amides is 2. The van der Waals surface area contributed by atoms with E-state index in [0.29, 0.717) is 12.4 Å². The molecule has 2 amide bonds. The van der Waals surface area contributed by atoms with Gasteiger partial charge in [-0.15, -0.1) is 10.2 Å². The van der Waals surface area contributed by atoms with E-state index >= 15 is 0 Å². The quantitative estimate of drug-likeness (QED) is 0.781. The van der Waals surface area contributed by atoms with Crippen LogP contribution in [0.1, 0.15) is 24.7 Å². The molecule has 2 aromatic carbocycles. The van der Waals surface area contributed by atoms with Crippen molar-refractivity contribution < 1.29 is 9.18 Å². The molecule has 6 nitrogen and oxygen atoms in total. The number of nitrogens with one attached hydrogen (secondary N) is 1. The lowest BCUT2D eigenvalue weighted by Crippen LogP contribution is -2.35. The Hall–Kier alpha value is -3.22. The molecule has 1 aliphatic heterocycles. The van der Waals surface area contributed by atoms with Crippen molar-refractivity contribution in [2.24, 2.45) is 0 Å². The van der Waals surface area contributed by atoms with Gasteiger partial charge in [-0.1, -0.05) is 30.3 Å². The van der Waals surface area contributed by atoms with Crippen molar-refractivity contribution in [2.75, 3.05) is 11.9 Å².